The van der Waals surface area contributed by atoms with Crippen molar-refractivity contribution in [2.24, 2.45) is 7.05 Å². The van der Waals surface area contributed by atoms with E-state index in [9.17, 15) is 9.59 Å². The summed E-state index contributed by atoms with van der Waals surface area (Å²) in [6.45, 7) is 2.59. The smallest absolute Gasteiger partial charge is 0.271 e. The highest BCUT2D eigenvalue weighted by atomic mass is 16.2. The lowest BCUT2D eigenvalue weighted by molar-refractivity contribution is -0.121. The molecule has 1 aliphatic heterocycles. The van der Waals surface area contributed by atoms with Gasteiger partial charge in [0.1, 0.15) is 12.2 Å². The fourth-order valence-corrected chi connectivity index (χ4v) is 3.87. The first-order valence-electron chi connectivity index (χ1n) is 9.86. The number of aryl methyl sites for hydroxylation is 2. The molecule has 5 heteroatoms. The van der Waals surface area contributed by atoms with Crippen molar-refractivity contribution in [1.82, 2.24) is 9.47 Å². The first kappa shape index (κ1) is 19.0. The fourth-order valence-electron chi connectivity index (χ4n) is 3.87. The van der Waals surface area contributed by atoms with Crippen LogP contribution in [0.3, 0.4) is 0 Å². The molecular formula is C24H25N3O2. The molecule has 2 amide bonds. The van der Waals surface area contributed by atoms with Crippen molar-refractivity contribution in [3.8, 4) is 0 Å². The number of anilines is 1. The average Bonchev–Trinajstić information content (AvgIpc) is 3.16. The maximum absolute atomic E-state index is 13.3. The number of carbonyl (C=O) groups excluding carboxylic acids is 2. The monoisotopic (exact) mass is 387 g/mol. The van der Waals surface area contributed by atoms with Crippen molar-refractivity contribution >= 4 is 17.5 Å². The molecule has 1 atom stereocenters. The van der Waals surface area contributed by atoms with E-state index in [1.165, 1.54) is 0 Å². The summed E-state index contributed by atoms with van der Waals surface area (Å²) >= 11 is 0. The normalized spacial score (nSPS) is 16.9. The highest BCUT2D eigenvalue weighted by molar-refractivity contribution is 6.01. The van der Waals surface area contributed by atoms with Crippen molar-refractivity contribution in [2.75, 3.05) is 18.0 Å². The maximum atomic E-state index is 13.3. The lowest BCUT2D eigenvalue weighted by atomic mass is 10.0. The van der Waals surface area contributed by atoms with Gasteiger partial charge in [0, 0.05) is 25.5 Å². The molecule has 0 bridgehead atoms. The molecule has 0 aliphatic carbocycles. The van der Waals surface area contributed by atoms with E-state index < -0.39 is 0 Å². The summed E-state index contributed by atoms with van der Waals surface area (Å²) in [5.41, 5.74) is 3.78. The largest absolute Gasteiger partial charge is 0.347 e. The van der Waals surface area contributed by atoms with Crippen LogP contribution >= 0.6 is 0 Å². The van der Waals surface area contributed by atoms with Crippen LogP contribution in [-0.4, -0.2) is 40.4 Å². The van der Waals surface area contributed by atoms with E-state index in [0.29, 0.717) is 18.7 Å². The van der Waals surface area contributed by atoms with Crippen LogP contribution in [-0.2, 0) is 18.3 Å². The van der Waals surface area contributed by atoms with Crippen LogP contribution in [0.1, 0.15) is 21.6 Å². The maximum Gasteiger partial charge on any atom is 0.271 e. The lowest BCUT2D eigenvalue weighted by Gasteiger charge is -2.41. The molecule has 1 fully saturated rings. The Kier molecular flexibility index (Phi) is 5.21. The van der Waals surface area contributed by atoms with E-state index in [1.54, 1.807) is 15.5 Å². The minimum atomic E-state index is -0.102. The summed E-state index contributed by atoms with van der Waals surface area (Å²) in [6.07, 6.45) is 2.55. The molecule has 148 valence electrons. The van der Waals surface area contributed by atoms with E-state index in [1.807, 2.05) is 73.6 Å². The van der Waals surface area contributed by atoms with Gasteiger partial charge in [-0.3, -0.25) is 9.59 Å². The molecule has 0 saturated carbocycles. The molecule has 0 unspecified atom stereocenters. The number of amides is 2. The third kappa shape index (κ3) is 3.94. The Morgan fingerprint density at radius 3 is 2.38 bits per heavy atom. The number of benzene rings is 2. The second-order valence-corrected chi connectivity index (χ2v) is 7.62. The van der Waals surface area contributed by atoms with Gasteiger partial charge in [0.25, 0.3) is 5.91 Å². The van der Waals surface area contributed by atoms with E-state index >= 15 is 0 Å². The molecule has 5 nitrogen and oxygen atoms in total. The lowest BCUT2D eigenvalue weighted by Crippen LogP contribution is -2.59. The Morgan fingerprint density at radius 2 is 1.72 bits per heavy atom. The van der Waals surface area contributed by atoms with E-state index in [4.69, 9.17) is 0 Å². The molecule has 3 aromatic rings. The molecule has 1 aliphatic rings. The number of rotatable bonds is 4. The molecule has 29 heavy (non-hydrogen) atoms. The number of carbonyl (C=O) groups is 2. The van der Waals surface area contributed by atoms with Gasteiger partial charge < -0.3 is 14.4 Å². The fraction of sp³-hybridized carbons (Fsp3) is 0.250. The second kappa shape index (κ2) is 7.95. The van der Waals surface area contributed by atoms with Gasteiger partial charge in [-0.05, 0) is 43.2 Å². The minimum Gasteiger partial charge on any atom is -0.347 e. The van der Waals surface area contributed by atoms with Gasteiger partial charge in [-0.2, -0.15) is 0 Å². The van der Waals surface area contributed by atoms with Crippen molar-refractivity contribution < 1.29 is 9.59 Å². The number of aromatic nitrogens is 1. The molecule has 0 spiro atoms. The molecule has 2 aromatic carbocycles. The zero-order valence-corrected chi connectivity index (χ0v) is 16.8. The van der Waals surface area contributed by atoms with E-state index in [2.05, 4.69) is 12.1 Å². The number of hydrogen-bond donors (Lipinski definition) is 0. The zero-order chi connectivity index (χ0) is 20.4. The van der Waals surface area contributed by atoms with Crippen LogP contribution in [0.4, 0.5) is 5.69 Å². The molecular weight excluding hydrogens is 362 g/mol. The van der Waals surface area contributed by atoms with Crippen LogP contribution in [0.25, 0.3) is 0 Å². The van der Waals surface area contributed by atoms with Crippen molar-refractivity contribution in [1.29, 1.82) is 0 Å². The van der Waals surface area contributed by atoms with Crippen LogP contribution < -0.4 is 4.90 Å². The highest BCUT2D eigenvalue weighted by Crippen LogP contribution is 2.24. The first-order chi connectivity index (χ1) is 14.0. The minimum absolute atomic E-state index is 0.0549. The van der Waals surface area contributed by atoms with Crippen molar-refractivity contribution in [2.45, 2.75) is 19.4 Å². The Morgan fingerprint density at radius 1 is 1.00 bits per heavy atom. The molecule has 0 radical (unpaired) electrons. The molecule has 1 aromatic heterocycles. The number of hydrogen-bond acceptors (Lipinski definition) is 2. The number of nitrogens with zero attached hydrogens (tertiary/aromatic N) is 3. The quantitative estimate of drug-likeness (QED) is 0.689. The van der Waals surface area contributed by atoms with Crippen LogP contribution in [0.2, 0.25) is 0 Å². The van der Waals surface area contributed by atoms with Gasteiger partial charge in [-0.1, -0.05) is 48.0 Å². The standard InChI is InChI=1S/C24H25N3O2/c1-18-10-12-20(13-11-18)26-16-21(15-19-7-4-3-5-8-19)27(17-23(26)28)24(29)22-9-6-14-25(22)2/h3-14,21H,15-17H2,1-2H3/t21-/m1/s1. The molecule has 2 heterocycles. The SMILES string of the molecule is Cc1ccc(N2C[C@@H](Cc3ccccc3)N(C(=O)c3cccn3C)CC2=O)cc1. The van der Waals surface area contributed by atoms with Crippen LogP contribution in [0.15, 0.2) is 72.9 Å². The molecule has 1 saturated heterocycles. The van der Waals surface area contributed by atoms with Gasteiger partial charge in [-0.15, -0.1) is 0 Å². The summed E-state index contributed by atoms with van der Waals surface area (Å²) in [7, 11) is 1.85. The Balaban J connectivity index is 1.65. The zero-order valence-electron chi connectivity index (χ0n) is 16.8. The first-order valence-corrected chi connectivity index (χ1v) is 9.86. The van der Waals surface area contributed by atoms with E-state index in [0.717, 1.165) is 16.8 Å². The van der Waals surface area contributed by atoms with Gasteiger partial charge >= 0.3 is 0 Å². The topological polar surface area (TPSA) is 45.5 Å². The molecule has 4 rings (SSSR count). The van der Waals surface area contributed by atoms with Crippen LogP contribution in [0.5, 0.6) is 0 Å². The van der Waals surface area contributed by atoms with Crippen molar-refractivity contribution in [3.63, 3.8) is 0 Å². The summed E-state index contributed by atoms with van der Waals surface area (Å²) in [4.78, 5) is 29.8. The third-order valence-electron chi connectivity index (χ3n) is 5.52. The van der Waals surface area contributed by atoms with Gasteiger partial charge in [0.15, 0.2) is 0 Å². The van der Waals surface area contributed by atoms with Gasteiger partial charge in [0.05, 0.1) is 6.04 Å². The Bertz CT molecular complexity index is 1010. The Labute approximate surface area is 171 Å². The average molecular weight is 387 g/mol. The predicted molar refractivity (Wildman–Crippen MR) is 114 cm³/mol. The Hall–Kier alpha value is -3.34. The third-order valence-corrected chi connectivity index (χ3v) is 5.52. The summed E-state index contributed by atoms with van der Waals surface area (Å²) in [5.74, 6) is -0.156. The summed E-state index contributed by atoms with van der Waals surface area (Å²) < 4.78 is 1.80. The summed E-state index contributed by atoms with van der Waals surface area (Å²) in [5, 5.41) is 0. The van der Waals surface area contributed by atoms with Crippen molar-refractivity contribution in [3.05, 3.63) is 89.7 Å². The number of piperazine rings is 1. The highest BCUT2D eigenvalue weighted by Gasteiger charge is 2.36. The van der Waals surface area contributed by atoms with Gasteiger partial charge in [-0.25, -0.2) is 0 Å². The second-order valence-electron chi connectivity index (χ2n) is 7.62. The van der Waals surface area contributed by atoms with Gasteiger partial charge in [0.2, 0.25) is 5.91 Å². The predicted octanol–water partition coefficient (Wildman–Crippen LogP) is 3.43. The summed E-state index contributed by atoms with van der Waals surface area (Å²) in [6, 6.07) is 21.7. The molecule has 0 N–H and O–H groups in total. The van der Waals surface area contributed by atoms with Crippen LogP contribution in [0, 0.1) is 6.92 Å². The van der Waals surface area contributed by atoms with E-state index in [-0.39, 0.29) is 24.4 Å².